The zero-order valence-electron chi connectivity index (χ0n) is 14.0. The van der Waals surface area contributed by atoms with Crippen LogP contribution in [0.4, 0.5) is 5.69 Å². The summed E-state index contributed by atoms with van der Waals surface area (Å²) < 4.78 is 5.55. The molecule has 1 amide bonds. The Morgan fingerprint density at radius 1 is 1.33 bits per heavy atom. The fraction of sp³-hybridized carbons (Fsp3) is 0.611. The number of amides is 1. The second-order valence-electron chi connectivity index (χ2n) is 6.72. The quantitative estimate of drug-likeness (QED) is 0.777. The van der Waals surface area contributed by atoms with Crippen molar-refractivity contribution >= 4 is 35.6 Å². The molecule has 0 radical (unpaired) electrons. The van der Waals surface area contributed by atoms with Crippen molar-refractivity contribution in [3.63, 3.8) is 0 Å². The van der Waals surface area contributed by atoms with E-state index >= 15 is 0 Å². The maximum atomic E-state index is 12.3. The summed E-state index contributed by atoms with van der Waals surface area (Å²) in [5.74, 6) is 1.24. The molecule has 2 heterocycles. The molecule has 2 atom stereocenters. The largest absolute Gasteiger partial charge is 0.492 e. The predicted octanol–water partition coefficient (Wildman–Crippen LogP) is 4.41. The molecule has 4 nitrogen and oxygen atoms in total. The lowest BCUT2D eigenvalue weighted by Gasteiger charge is -2.28. The standard InChI is InChI=1S/C18H25ClN2O2.ClH/c1-2-7-23-17-6-5-15(11-16(17)19)21-18(22)10-12-8-13-3-4-14(9-12)20-13;/h5-6,11-14,20H,2-4,7-10H2,1H3,(H,21,22);1H. The van der Waals surface area contributed by atoms with Crippen molar-refractivity contribution in [1.82, 2.24) is 5.32 Å². The summed E-state index contributed by atoms with van der Waals surface area (Å²) in [4.78, 5) is 12.3. The van der Waals surface area contributed by atoms with E-state index in [1.54, 1.807) is 6.07 Å². The van der Waals surface area contributed by atoms with Crippen LogP contribution < -0.4 is 15.4 Å². The van der Waals surface area contributed by atoms with Gasteiger partial charge >= 0.3 is 0 Å². The van der Waals surface area contributed by atoms with Gasteiger partial charge in [-0.3, -0.25) is 4.79 Å². The van der Waals surface area contributed by atoms with Crippen LogP contribution in [0.25, 0.3) is 0 Å². The molecule has 2 saturated heterocycles. The molecule has 0 saturated carbocycles. The molecular weight excluding hydrogens is 347 g/mol. The van der Waals surface area contributed by atoms with Gasteiger partial charge in [0.2, 0.25) is 5.91 Å². The van der Waals surface area contributed by atoms with E-state index in [1.165, 1.54) is 12.8 Å². The Morgan fingerprint density at radius 2 is 2.04 bits per heavy atom. The summed E-state index contributed by atoms with van der Waals surface area (Å²) in [7, 11) is 0. The first kappa shape index (κ1) is 19.4. The van der Waals surface area contributed by atoms with Crippen molar-refractivity contribution in [3.05, 3.63) is 23.2 Å². The number of rotatable bonds is 6. The van der Waals surface area contributed by atoms with E-state index in [2.05, 4.69) is 17.6 Å². The average molecular weight is 373 g/mol. The number of ether oxygens (including phenoxy) is 1. The molecule has 6 heteroatoms. The van der Waals surface area contributed by atoms with Crippen molar-refractivity contribution in [2.24, 2.45) is 5.92 Å². The minimum absolute atomic E-state index is 0. The monoisotopic (exact) mass is 372 g/mol. The summed E-state index contributed by atoms with van der Waals surface area (Å²) in [5.41, 5.74) is 0.737. The van der Waals surface area contributed by atoms with E-state index in [-0.39, 0.29) is 18.3 Å². The zero-order valence-corrected chi connectivity index (χ0v) is 15.6. The van der Waals surface area contributed by atoms with Gasteiger partial charge in [-0.15, -0.1) is 12.4 Å². The number of benzene rings is 1. The summed E-state index contributed by atoms with van der Waals surface area (Å²) in [5, 5.41) is 7.11. The summed E-state index contributed by atoms with van der Waals surface area (Å²) in [6, 6.07) is 6.67. The van der Waals surface area contributed by atoms with E-state index in [0.717, 1.165) is 24.9 Å². The Balaban J connectivity index is 0.00000208. The van der Waals surface area contributed by atoms with Crippen molar-refractivity contribution < 1.29 is 9.53 Å². The number of nitrogens with one attached hydrogen (secondary N) is 2. The molecule has 2 N–H and O–H groups in total. The highest BCUT2D eigenvalue weighted by molar-refractivity contribution is 6.32. The summed E-state index contributed by atoms with van der Waals surface area (Å²) in [6.07, 6.45) is 6.30. The Morgan fingerprint density at radius 3 is 2.67 bits per heavy atom. The Bertz CT molecular complexity index is 556. The molecule has 0 spiro atoms. The van der Waals surface area contributed by atoms with Crippen molar-refractivity contribution in [3.8, 4) is 5.75 Å². The van der Waals surface area contributed by atoms with Gasteiger partial charge in [0.05, 0.1) is 11.6 Å². The molecule has 1 aromatic carbocycles. The molecule has 24 heavy (non-hydrogen) atoms. The first-order valence-corrected chi connectivity index (χ1v) is 9.00. The number of carbonyl (C=O) groups is 1. The van der Waals surface area contributed by atoms with Gasteiger partial charge in [0.25, 0.3) is 0 Å². The van der Waals surface area contributed by atoms with Crippen LogP contribution in [0.3, 0.4) is 0 Å². The Kier molecular flexibility index (Phi) is 7.20. The van der Waals surface area contributed by atoms with Gasteiger partial charge in [0.15, 0.2) is 0 Å². The lowest BCUT2D eigenvalue weighted by molar-refractivity contribution is -0.117. The molecular formula is C18H26Cl2N2O2. The third-order valence-electron chi connectivity index (χ3n) is 4.72. The molecule has 3 rings (SSSR count). The van der Waals surface area contributed by atoms with E-state index in [4.69, 9.17) is 16.3 Å². The third kappa shape index (κ3) is 5.01. The third-order valence-corrected chi connectivity index (χ3v) is 5.02. The molecule has 2 aliphatic heterocycles. The number of halogens is 2. The molecule has 134 valence electrons. The molecule has 2 fully saturated rings. The number of hydrogen-bond acceptors (Lipinski definition) is 3. The van der Waals surface area contributed by atoms with Gasteiger partial charge in [-0.1, -0.05) is 18.5 Å². The van der Waals surface area contributed by atoms with E-state index < -0.39 is 0 Å². The molecule has 1 aromatic rings. The zero-order chi connectivity index (χ0) is 16.2. The normalized spacial score (nSPS) is 25.0. The van der Waals surface area contributed by atoms with Crippen LogP contribution in [-0.4, -0.2) is 24.6 Å². The number of piperidine rings is 1. The SMILES string of the molecule is CCCOc1ccc(NC(=O)CC2CC3CCC(C2)N3)cc1Cl.Cl. The van der Waals surface area contributed by atoms with Crippen molar-refractivity contribution in [2.45, 2.75) is 57.5 Å². The van der Waals surface area contributed by atoms with Crippen molar-refractivity contribution in [2.75, 3.05) is 11.9 Å². The molecule has 2 bridgehead atoms. The van der Waals surface area contributed by atoms with Gasteiger partial charge < -0.3 is 15.4 Å². The number of fused-ring (bicyclic) bond motifs is 2. The van der Waals surface area contributed by atoms with Crippen LogP contribution in [-0.2, 0) is 4.79 Å². The number of hydrogen-bond donors (Lipinski definition) is 2. The number of anilines is 1. The summed E-state index contributed by atoms with van der Waals surface area (Å²) >= 11 is 6.20. The van der Waals surface area contributed by atoms with Crippen LogP contribution in [0.15, 0.2) is 18.2 Å². The van der Waals surface area contributed by atoms with Crippen LogP contribution in [0.1, 0.15) is 45.4 Å². The Labute approximate surface area is 155 Å². The molecule has 2 unspecified atom stereocenters. The van der Waals surface area contributed by atoms with Gasteiger partial charge in [0.1, 0.15) is 5.75 Å². The first-order valence-electron chi connectivity index (χ1n) is 8.62. The maximum Gasteiger partial charge on any atom is 0.224 e. The van der Waals surface area contributed by atoms with Gasteiger partial charge in [0, 0.05) is 24.2 Å². The average Bonchev–Trinajstić information content (AvgIpc) is 2.85. The molecule has 0 aliphatic carbocycles. The fourth-order valence-corrected chi connectivity index (χ4v) is 3.96. The molecule has 2 aliphatic rings. The lowest BCUT2D eigenvalue weighted by Crippen LogP contribution is -2.39. The molecule has 0 aromatic heterocycles. The number of carbonyl (C=O) groups excluding carboxylic acids is 1. The lowest BCUT2D eigenvalue weighted by atomic mass is 9.89. The second kappa shape index (κ2) is 8.93. The van der Waals surface area contributed by atoms with Crippen LogP contribution in [0.2, 0.25) is 5.02 Å². The van der Waals surface area contributed by atoms with Gasteiger partial charge in [-0.25, -0.2) is 0 Å². The maximum absolute atomic E-state index is 12.3. The highest BCUT2D eigenvalue weighted by atomic mass is 35.5. The van der Waals surface area contributed by atoms with Crippen LogP contribution in [0.5, 0.6) is 5.75 Å². The fourth-order valence-electron chi connectivity index (χ4n) is 3.72. The second-order valence-corrected chi connectivity index (χ2v) is 7.13. The van der Waals surface area contributed by atoms with E-state index in [9.17, 15) is 4.79 Å². The minimum Gasteiger partial charge on any atom is -0.492 e. The minimum atomic E-state index is 0. The van der Waals surface area contributed by atoms with Crippen molar-refractivity contribution in [1.29, 1.82) is 0 Å². The van der Waals surface area contributed by atoms with Crippen LogP contribution in [0, 0.1) is 5.92 Å². The predicted molar refractivity (Wildman–Crippen MR) is 100 cm³/mol. The highest BCUT2D eigenvalue weighted by Gasteiger charge is 2.34. The van der Waals surface area contributed by atoms with Gasteiger partial charge in [-0.2, -0.15) is 0 Å². The summed E-state index contributed by atoms with van der Waals surface area (Å²) in [6.45, 7) is 2.69. The first-order chi connectivity index (χ1) is 11.1. The van der Waals surface area contributed by atoms with Crippen LogP contribution >= 0.6 is 24.0 Å². The van der Waals surface area contributed by atoms with E-state index in [0.29, 0.717) is 41.8 Å². The van der Waals surface area contributed by atoms with Gasteiger partial charge in [-0.05, 0) is 56.2 Å². The smallest absolute Gasteiger partial charge is 0.224 e. The van der Waals surface area contributed by atoms with E-state index in [1.807, 2.05) is 12.1 Å². The Hall–Kier alpha value is -0.970. The topological polar surface area (TPSA) is 50.4 Å². The highest BCUT2D eigenvalue weighted by Crippen LogP contribution is 2.33.